The molecule has 1 fully saturated rings. The van der Waals surface area contributed by atoms with E-state index in [0.29, 0.717) is 5.41 Å². The SMILES string of the molecule is CC1CCCCC1Cn1ccc2c1CC(C)(C)CC2N. The first-order chi connectivity index (χ1) is 9.46. The summed E-state index contributed by atoms with van der Waals surface area (Å²) in [5.41, 5.74) is 9.66. The Morgan fingerprint density at radius 2 is 2.05 bits per heavy atom. The predicted octanol–water partition coefficient (Wildman–Crippen LogP) is 4.29. The van der Waals surface area contributed by atoms with Crippen molar-refractivity contribution >= 4 is 0 Å². The Morgan fingerprint density at radius 1 is 1.30 bits per heavy atom. The van der Waals surface area contributed by atoms with Gasteiger partial charge in [0.05, 0.1) is 0 Å². The molecule has 3 rings (SSSR count). The third-order valence-electron chi connectivity index (χ3n) is 5.65. The van der Waals surface area contributed by atoms with Crippen molar-refractivity contribution in [3.8, 4) is 0 Å². The fraction of sp³-hybridized carbons (Fsp3) is 0.778. The van der Waals surface area contributed by atoms with E-state index in [1.165, 1.54) is 49.9 Å². The third-order valence-corrected chi connectivity index (χ3v) is 5.65. The molecule has 2 aliphatic rings. The summed E-state index contributed by atoms with van der Waals surface area (Å²) in [6, 6.07) is 2.52. The van der Waals surface area contributed by atoms with Crippen LogP contribution in [-0.4, -0.2) is 4.57 Å². The molecular formula is C18H30N2. The van der Waals surface area contributed by atoms with Gasteiger partial charge in [0.15, 0.2) is 0 Å². The molecule has 3 unspecified atom stereocenters. The molecule has 112 valence electrons. The first-order valence-electron chi connectivity index (χ1n) is 8.40. The minimum absolute atomic E-state index is 0.235. The molecule has 2 nitrogen and oxygen atoms in total. The van der Waals surface area contributed by atoms with Crippen molar-refractivity contribution in [1.29, 1.82) is 0 Å². The van der Waals surface area contributed by atoms with Crippen molar-refractivity contribution in [2.45, 2.75) is 71.9 Å². The second kappa shape index (κ2) is 5.22. The van der Waals surface area contributed by atoms with Crippen molar-refractivity contribution in [1.82, 2.24) is 4.57 Å². The van der Waals surface area contributed by atoms with Crippen LogP contribution in [0.1, 0.15) is 70.2 Å². The molecule has 1 aromatic rings. The summed E-state index contributed by atoms with van der Waals surface area (Å²) in [5, 5.41) is 0. The maximum absolute atomic E-state index is 6.38. The molecule has 3 atom stereocenters. The summed E-state index contributed by atoms with van der Waals surface area (Å²) in [6.07, 6.45) is 10.3. The van der Waals surface area contributed by atoms with Crippen LogP contribution in [0.2, 0.25) is 0 Å². The van der Waals surface area contributed by atoms with Crippen molar-refractivity contribution in [3.63, 3.8) is 0 Å². The van der Waals surface area contributed by atoms with Crippen LogP contribution in [0.4, 0.5) is 0 Å². The summed E-state index contributed by atoms with van der Waals surface area (Å²) >= 11 is 0. The van der Waals surface area contributed by atoms with Gasteiger partial charge in [0.1, 0.15) is 0 Å². The quantitative estimate of drug-likeness (QED) is 0.857. The normalized spacial score (nSPS) is 32.9. The molecule has 20 heavy (non-hydrogen) atoms. The Morgan fingerprint density at radius 3 is 2.80 bits per heavy atom. The second-order valence-corrected chi connectivity index (χ2v) is 8.04. The summed E-state index contributed by atoms with van der Waals surface area (Å²) in [7, 11) is 0. The van der Waals surface area contributed by atoms with Gasteiger partial charge in [0.25, 0.3) is 0 Å². The van der Waals surface area contributed by atoms with Crippen molar-refractivity contribution in [2.24, 2.45) is 23.0 Å². The zero-order chi connectivity index (χ0) is 14.3. The molecule has 0 saturated heterocycles. The highest BCUT2D eigenvalue weighted by molar-refractivity contribution is 5.30. The van der Waals surface area contributed by atoms with Crippen LogP contribution in [0, 0.1) is 17.3 Å². The maximum atomic E-state index is 6.38. The van der Waals surface area contributed by atoms with E-state index in [9.17, 15) is 0 Å². The lowest BCUT2D eigenvalue weighted by Gasteiger charge is -2.36. The van der Waals surface area contributed by atoms with Crippen molar-refractivity contribution < 1.29 is 0 Å². The zero-order valence-electron chi connectivity index (χ0n) is 13.4. The monoisotopic (exact) mass is 274 g/mol. The summed E-state index contributed by atoms with van der Waals surface area (Å²) in [6.45, 7) is 8.36. The Labute approximate surface area is 123 Å². The van der Waals surface area contributed by atoms with Crippen molar-refractivity contribution in [2.75, 3.05) is 0 Å². The number of rotatable bonds is 2. The predicted molar refractivity (Wildman–Crippen MR) is 84.6 cm³/mol. The van der Waals surface area contributed by atoms with Crippen molar-refractivity contribution in [3.05, 3.63) is 23.5 Å². The van der Waals surface area contributed by atoms with Gasteiger partial charge in [-0.15, -0.1) is 0 Å². The van der Waals surface area contributed by atoms with Gasteiger partial charge in [-0.2, -0.15) is 0 Å². The standard InChI is InChI=1S/C18H30N2/c1-13-6-4-5-7-14(13)12-20-9-8-15-16(19)10-18(2,3)11-17(15)20/h8-9,13-14,16H,4-7,10-12,19H2,1-3H3. The number of aromatic nitrogens is 1. The second-order valence-electron chi connectivity index (χ2n) is 8.04. The molecular weight excluding hydrogens is 244 g/mol. The number of hydrogen-bond acceptors (Lipinski definition) is 1. The number of nitrogens with zero attached hydrogens (tertiary/aromatic N) is 1. The highest BCUT2D eigenvalue weighted by Crippen LogP contribution is 2.41. The van der Waals surface area contributed by atoms with E-state index >= 15 is 0 Å². The Kier molecular flexibility index (Phi) is 3.70. The van der Waals surface area contributed by atoms with Gasteiger partial charge in [0.2, 0.25) is 0 Å². The Hall–Kier alpha value is -0.760. The van der Waals surface area contributed by atoms with E-state index in [2.05, 4.69) is 37.6 Å². The van der Waals surface area contributed by atoms with E-state index in [4.69, 9.17) is 5.73 Å². The number of nitrogens with two attached hydrogens (primary N) is 1. The third kappa shape index (κ3) is 2.67. The van der Waals surface area contributed by atoms with E-state index in [0.717, 1.165) is 18.3 Å². The molecule has 0 amide bonds. The van der Waals surface area contributed by atoms with E-state index in [-0.39, 0.29) is 6.04 Å². The average Bonchev–Trinajstić information content (AvgIpc) is 2.74. The molecule has 2 aliphatic carbocycles. The van der Waals surface area contributed by atoms with Crippen LogP contribution in [0.3, 0.4) is 0 Å². The van der Waals surface area contributed by atoms with Gasteiger partial charge in [-0.3, -0.25) is 0 Å². The smallest absolute Gasteiger partial charge is 0.0318 e. The molecule has 2 heteroatoms. The number of hydrogen-bond donors (Lipinski definition) is 1. The minimum Gasteiger partial charge on any atom is -0.351 e. The van der Waals surface area contributed by atoms with E-state index in [1.54, 1.807) is 0 Å². The van der Waals surface area contributed by atoms with Crippen LogP contribution < -0.4 is 5.73 Å². The fourth-order valence-electron chi connectivity index (χ4n) is 4.38. The molecule has 0 spiro atoms. The first-order valence-corrected chi connectivity index (χ1v) is 8.40. The average molecular weight is 274 g/mol. The Balaban J connectivity index is 1.82. The molecule has 0 aliphatic heterocycles. The van der Waals surface area contributed by atoms with Gasteiger partial charge in [-0.1, -0.05) is 40.0 Å². The summed E-state index contributed by atoms with van der Waals surface area (Å²) in [5.74, 6) is 1.74. The van der Waals surface area contributed by atoms with Crippen LogP contribution in [0.15, 0.2) is 12.3 Å². The Bertz CT molecular complexity index is 472. The van der Waals surface area contributed by atoms with Gasteiger partial charge in [-0.25, -0.2) is 0 Å². The van der Waals surface area contributed by atoms with Gasteiger partial charge < -0.3 is 10.3 Å². The van der Waals surface area contributed by atoms with Crippen LogP contribution in [0.5, 0.6) is 0 Å². The molecule has 2 N–H and O–H groups in total. The highest BCUT2D eigenvalue weighted by Gasteiger charge is 2.33. The fourth-order valence-corrected chi connectivity index (χ4v) is 4.38. The molecule has 0 aromatic carbocycles. The van der Waals surface area contributed by atoms with E-state index in [1.807, 2.05) is 0 Å². The lowest BCUT2D eigenvalue weighted by Crippen LogP contribution is -2.31. The lowest BCUT2D eigenvalue weighted by atomic mass is 9.74. The lowest BCUT2D eigenvalue weighted by molar-refractivity contribution is 0.220. The van der Waals surface area contributed by atoms with E-state index < -0.39 is 0 Å². The molecule has 1 aromatic heterocycles. The summed E-state index contributed by atoms with van der Waals surface area (Å²) < 4.78 is 2.53. The topological polar surface area (TPSA) is 30.9 Å². The molecule has 0 radical (unpaired) electrons. The molecule has 1 saturated carbocycles. The largest absolute Gasteiger partial charge is 0.351 e. The van der Waals surface area contributed by atoms with Crippen LogP contribution in [-0.2, 0) is 13.0 Å². The minimum atomic E-state index is 0.235. The van der Waals surface area contributed by atoms with Gasteiger partial charge in [-0.05, 0) is 48.1 Å². The van der Waals surface area contributed by atoms with Crippen LogP contribution >= 0.6 is 0 Å². The maximum Gasteiger partial charge on any atom is 0.0318 e. The van der Waals surface area contributed by atoms with Gasteiger partial charge >= 0.3 is 0 Å². The first kappa shape index (κ1) is 14.2. The molecule has 1 heterocycles. The molecule has 0 bridgehead atoms. The number of fused-ring (bicyclic) bond motifs is 1. The summed E-state index contributed by atoms with van der Waals surface area (Å²) in [4.78, 5) is 0. The zero-order valence-corrected chi connectivity index (χ0v) is 13.4. The highest BCUT2D eigenvalue weighted by atomic mass is 15.0. The van der Waals surface area contributed by atoms with Crippen LogP contribution in [0.25, 0.3) is 0 Å². The van der Waals surface area contributed by atoms with Gasteiger partial charge in [0, 0.05) is 24.5 Å².